The summed E-state index contributed by atoms with van der Waals surface area (Å²) >= 11 is 0. The van der Waals surface area contributed by atoms with E-state index >= 15 is 0 Å². The molecule has 0 aliphatic heterocycles. The molecule has 0 aliphatic rings. The second kappa shape index (κ2) is 25.4. The Kier molecular flexibility index (Phi) is 24.1. The molecule has 0 aromatic rings. The Labute approximate surface area is 358 Å². The zero-order valence-electron chi connectivity index (χ0n) is 36.1. The Morgan fingerprint density at radius 1 is 0.452 bits per heavy atom. The molecule has 0 fully saturated rings. The molecule has 0 aromatic heterocycles. The monoisotopic (exact) mass is 953 g/mol. The van der Waals surface area contributed by atoms with Gasteiger partial charge < -0.3 is 56.4 Å². The highest BCUT2D eigenvalue weighted by atomic mass is 31.2. The van der Waals surface area contributed by atoms with Crippen LogP contribution in [-0.2, 0) is 65.6 Å². The normalized spacial score (nSPS) is 18.1. The van der Waals surface area contributed by atoms with Gasteiger partial charge in [-0.05, 0) is 48.5 Å². The minimum Gasteiger partial charge on any atom is -0.351 e. The maximum Gasteiger partial charge on any atom is 0.469 e. The van der Waals surface area contributed by atoms with Crippen molar-refractivity contribution in [2.45, 2.75) is 143 Å². The summed E-state index contributed by atoms with van der Waals surface area (Å²) in [6.45, 7) is 12.6. The van der Waals surface area contributed by atoms with Gasteiger partial charge in [0, 0.05) is 43.4 Å². The van der Waals surface area contributed by atoms with Crippen molar-refractivity contribution in [3.8, 4) is 0 Å². The molecule has 0 heterocycles. The molecule has 0 aliphatic carbocycles. The Morgan fingerprint density at radius 3 is 1.23 bits per heavy atom. The molecule has 0 spiro atoms. The fourth-order valence-electron chi connectivity index (χ4n) is 5.49. The molecular formula is C34H62N5O20P3. The van der Waals surface area contributed by atoms with Crippen molar-refractivity contribution in [2.24, 2.45) is 29.4 Å². The maximum atomic E-state index is 13.4. The van der Waals surface area contributed by atoms with Crippen LogP contribution in [0.25, 0.3) is 0 Å². The summed E-state index contributed by atoms with van der Waals surface area (Å²) in [4.78, 5) is 159. The van der Waals surface area contributed by atoms with Gasteiger partial charge in [0.25, 0.3) is 0 Å². The second-order valence-corrected chi connectivity index (χ2v) is 19.0. The van der Waals surface area contributed by atoms with E-state index < -0.39 is 162 Å². The van der Waals surface area contributed by atoms with Crippen LogP contribution >= 0.6 is 23.5 Å². The molecule has 28 heteroatoms. The van der Waals surface area contributed by atoms with Crippen molar-refractivity contribution in [3.05, 3.63) is 0 Å². The fourth-order valence-corrected chi connectivity index (χ4v) is 7.24. The van der Waals surface area contributed by atoms with Gasteiger partial charge in [0.1, 0.15) is 11.8 Å². The SMILES string of the molecule is C[C@H](N)C(=O)C[C@@H](C)C(=O)N[C@H](C(=O)C[C@@H](C)C(=O)N[C@@H](C)C(=O)C[C@H](C(=O)N[C@@H](C)C(=O)C[C@@H](C)C(=O)N[C@H](C)[C@@H](C)OP(=O)(O)O)[C@@H](C)OP(=O)(O)O)[C@@H](C)OP(=O)(O)O. The predicted octanol–water partition coefficient (Wildman–Crippen LogP) is -0.813. The summed E-state index contributed by atoms with van der Waals surface area (Å²) in [5, 5.41) is 9.41. The van der Waals surface area contributed by atoms with E-state index in [0.29, 0.717) is 0 Å². The van der Waals surface area contributed by atoms with E-state index in [1.165, 1.54) is 55.4 Å². The number of ketones is 4. The molecule has 358 valence electrons. The first-order chi connectivity index (χ1) is 28.0. The lowest BCUT2D eigenvalue weighted by Gasteiger charge is -2.27. The van der Waals surface area contributed by atoms with E-state index in [9.17, 15) is 71.6 Å². The standard InChI is InChI=1S/C34H62N5O20P3/c1-15(11-26(40)18(4)35)33(46)39-30(24(10)59-62(54,55)56)29(43)13-17(3)32(45)37-21(7)28(42)14-25(23(9)58-61(51,52)53)34(47)38-20(6)27(41)12-16(2)31(44)36-19(5)22(8)57-60(48,49)50/h15-25,30H,11-14,35H2,1-10H3,(H,36,44)(H,37,45)(H,38,47)(H,39,46)(H2,48,49,50)(H2,51,52,53)(H2,54,55,56)/t15-,16-,17-,18+,19-,20+,21+,22-,23-,24-,25+,30+/m1/s1. The zero-order chi connectivity index (χ0) is 48.8. The third-order valence-electron chi connectivity index (χ3n) is 9.48. The van der Waals surface area contributed by atoms with Crippen LogP contribution in [0.5, 0.6) is 0 Å². The van der Waals surface area contributed by atoms with Gasteiger partial charge in [-0.25, -0.2) is 13.7 Å². The number of rotatable bonds is 29. The van der Waals surface area contributed by atoms with Gasteiger partial charge >= 0.3 is 23.5 Å². The Hall–Kier alpha value is -3.15. The molecule has 4 amide bonds. The molecule has 12 atom stereocenters. The molecule has 0 radical (unpaired) electrons. The Balaban J connectivity index is 5.90. The summed E-state index contributed by atoms with van der Waals surface area (Å²) in [6, 6.07) is -6.26. The predicted molar refractivity (Wildman–Crippen MR) is 216 cm³/mol. The molecule has 0 saturated heterocycles. The summed E-state index contributed by atoms with van der Waals surface area (Å²) in [6.07, 6.45) is -6.67. The van der Waals surface area contributed by atoms with Crippen LogP contribution in [0.2, 0.25) is 0 Å². The van der Waals surface area contributed by atoms with Crippen molar-refractivity contribution in [1.82, 2.24) is 21.3 Å². The summed E-state index contributed by atoms with van der Waals surface area (Å²) in [5.74, 6) is -11.5. The molecule has 0 bridgehead atoms. The van der Waals surface area contributed by atoms with E-state index in [1.807, 2.05) is 0 Å². The Bertz CT molecular complexity index is 1760. The average molecular weight is 954 g/mol. The van der Waals surface area contributed by atoms with E-state index in [-0.39, 0.29) is 6.42 Å². The van der Waals surface area contributed by atoms with Crippen LogP contribution < -0.4 is 27.0 Å². The van der Waals surface area contributed by atoms with Gasteiger partial charge in [-0.3, -0.25) is 51.9 Å². The third kappa shape index (κ3) is 23.0. The van der Waals surface area contributed by atoms with Crippen LogP contribution in [0.3, 0.4) is 0 Å². The lowest BCUT2D eigenvalue weighted by Crippen LogP contribution is -2.51. The quantitative estimate of drug-likeness (QED) is 0.0408. The number of hydrogen-bond acceptors (Lipinski definition) is 15. The van der Waals surface area contributed by atoms with Crippen molar-refractivity contribution in [2.75, 3.05) is 0 Å². The molecular weight excluding hydrogens is 891 g/mol. The molecule has 0 unspecified atom stereocenters. The number of phosphoric acid groups is 3. The first-order valence-corrected chi connectivity index (χ1v) is 23.8. The smallest absolute Gasteiger partial charge is 0.351 e. The van der Waals surface area contributed by atoms with Crippen molar-refractivity contribution >= 4 is 70.2 Å². The lowest BCUT2D eigenvalue weighted by atomic mass is 9.92. The van der Waals surface area contributed by atoms with E-state index in [1.54, 1.807) is 0 Å². The number of carbonyl (C=O) groups excluding carboxylic acids is 8. The number of Topliss-reactive ketones (excluding diaryl/α,β-unsaturated/α-hetero) is 4. The average Bonchev–Trinajstić information content (AvgIpc) is 3.09. The van der Waals surface area contributed by atoms with Crippen molar-refractivity contribution in [3.63, 3.8) is 0 Å². The second-order valence-electron chi connectivity index (χ2n) is 15.4. The molecule has 12 N–H and O–H groups in total. The van der Waals surface area contributed by atoms with Gasteiger partial charge in [0.2, 0.25) is 23.6 Å². The largest absolute Gasteiger partial charge is 0.469 e. The highest BCUT2D eigenvalue weighted by molar-refractivity contribution is 7.46. The molecule has 0 aromatic carbocycles. The summed E-state index contributed by atoms with van der Waals surface area (Å²) in [7, 11) is -15.3. The Morgan fingerprint density at radius 2 is 0.790 bits per heavy atom. The van der Waals surface area contributed by atoms with Crippen molar-refractivity contribution < 1.29 is 95.0 Å². The summed E-state index contributed by atoms with van der Waals surface area (Å²) < 4.78 is 48.1. The molecule has 25 nitrogen and oxygen atoms in total. The highest BCUT2D eigenvalue weighted by Gasteiger charge is 2.38. The van der Waals surface area contributed by atoms with Crippen LogP contribution in [-0.4, -0.2) is 125 Å². The van der Waals surface area contributed by atoms with Crippen molar-refractivity contribution in [1.29, 1.82) is 0 Å². The fraction of sp³-hybridized carbons (Fsp3) is 0.765. The molecule has 0 rings (SSSR count). The van der Waals surface area contributed by atoms with E-state index in [0.717, 1.165) is 13.8 Å². The van der Waals surface area contributed by atoms with Gasteiger partial charge in [0.05, 0.1) is 48.4 Å². The van der Waals surface area contributed by atoms with Gasteiger partial charge in [0.15, 0.2) is 17.3 Å². The number of hydrogen-bond donors (Lipinski definition) is 11. The van der Waals surface area contributed by atoms with Crippen LogP contribution in [0.1, 0.15) is 94.9 Å². The first kappa shape index (κ1) is 58.9. The summed E-state index contributed by atoms with van der Waals surface area (Å²) in [5.41, 5.74) is 5.54. The topological polar surface area (TPSA) is 411 Å². The molecule has 0 saturated carbocycles. The number of nitrogens with two attached hydrogens (primary N) is 1. The lowest BCUT2D eigenvalue weighted by molar-refractivity contribution is -0.137. The van der Waals surface area contributed by atoms with Crippen LogP contribution in [0.4, 0.5) is 0 Å². The highest BCUT2D eigenvalue weighted by Crippen LogP contribution is 2.40. The molecule has 62 heavy (non-hydrogen) atoms. The number of carbonyl (C=O) groups is 8. The van der Waals surface area contributed by atoms with E-state index in [4.69, 9.17) is 15.5 Å². The van der Waals surface area contributed by atoms with Gasteiger partial charge in [-0.2, -0.15) is 0 Å². The third-order valence-corrected chi connectivity index (χ3v) is 11.3. The number of amides is 4. The van der Waals surface area contributed by atoms with Crippen LogP contribution in [0.15, 0.2) is 0 Å². The first-order valence-electron chi connectivity index (χ1n) is 19.3. The maximum absolute atomic E-state index is 13.4. The number of phosphoric ester groups is 3. The minimum absolute atomic E-state index is 0.323. The minimum atomic E-state index is -5.25. The van der Waals surface area contributed by atoms with Gasteiger partial charge in [-0.15, -0.1) is 0 Å². The number of nitrogens with one attached hydrogen (secondary N) is 4. The van der Waals surface area contributed by atoms with Crippen LogP contribution in [0, 0.1) is 23.7 Å². The van der Waals surface area contributed by atoms with Gasteiger partial charge in [-0.1, -0.05) is 20.8 Å². The van der Waals surface area contributed by atoms with E-state index in [2.05, 4.69) is 34.8 Å². The zero-order valence-corrected chi connectivity index (χ0v) is 38.8.